The average Bonchev–Trinajstić information content (AvgIpc) is 2.83. The predicted octanol–water partition coefficient (Wildman–Crippen LogP) is 5.00. The molecule has 0 radical (unpaired) electrons. The van der Waals surface area contributed by atoms with E-state index in [-0.39, 0.29) is 0 Å². The summed E-state index contributed by atoms with van der Waals surface area (Å²) in [5.41, 5.74) is 0. The summed E-state index contributed by atoms with van der Waals surface area (Å²) in [4.78, 5) is 0. The molecule has 0 N–H and O–H groups in total. The highest BCUT2D eigenvalue weighted by molar-refractivity contribution is 7.11. The molecule has 0 saturated carbocycles. The van der Waals surface area contributed by atoms with Crippen LogP contribution in [0.1, 0.15) is 68.3 Å². The number of nitrogens with zero attached hydrogens (tertiary/aromatic N) is 2. The van der Waals surface area contributed by atoms with E-state index in [0.29, 0.717) is 5.88 Å². The molecule has 0 aromatic carbocycles. The fourth-order valence-corrected chi connectivity index (χ4v) is 3.00. The highest BCUT2D eigenvalue weighted by Gasteiger charge is 2.03. The second-order valence-corrected chi connectivity index (χ2v) is 6.28. The zero-order chi connectivity index (χ0) is 13.1. The minimum absolute atomic E-state index is 0.715. The summed E-state index contributed by atoms with van der Waals surface area (Å²) in [5.74, 6) is 0.715. The van der Waals surface area contributed by atoms with E-state index < -0.39 is 0 Å². The molecule has 0 fully saturated rings. The molecule has 0 bridgehead atoms. The van der Waals surface area contributed by atoms with Gasteiger partial charge in [-0.2, -0.15) is 0 Å². The van der Waals surface area contributed by atoms with Crippen molar-refractivity contribution >= 4 is 22.9 Å². The van der Waals surface area contributed by atoms with Gasteiger partial charge >= 0.3 is 0 Å². The molecule has 0 aliphatic heterocycles. The summed E-state index contributed by atoms with van der Waals surface area (Å²) in [6, 6.07) is 0. The molecule has 18 heavy (non-hydrogen) atoms. The second kappa shape index (κ2) is 10.7. The van der Waals surface area contributed by atoms with Gasteiger partial charge in [-0.1, -0.05) is 45.4 Å². The number of unbranched alkanes of at least 4 members (excludes halogenated alkanes) is 6. The van der Waals surface area contributed by atoms with Crippen molar-refractivity contribution < 1.29 is 0 Å². The van der Waals surface area contributed by atoms with Crippen LogP contribution in [0.15, 0.2) is 0 Å². The first-order valence-electron chi connectivity index (χ1n) is 7.24. The van der Waals surface area contributed by atoms with Crippen LogP contribution >= 0.6 is 22.9 Å². The molecule has 4 heteroatoms. The van der Waals surface area contributed by atoms with Crippen molar-refractivity contribution in [3.8, 4) is 0 Å². The Kier molecular flexibility index (Phi) is 9.49. The predicted molar refractivity (Wildman–Crippen MR) is 80.6 cm³/mol. The Morgan fingerprint density at radius 1 is 0.833 bits per heavy atom. The first-order valence-corrected chi connectivity index (χ1v) is 8.59. The van der Waals surface area contributed by atoms with Gasteiger partial charge in [-0.25, -0.2) is 0 Å². The van der Waals surface area contributed by atoms with E-state index in [4.69, 9.17) is 11.6 Å². The van der Waals surface area contributed by atoms with E-state index in [1.165, 1.54) is 50.0 Å². The Morgan fingerprint density at radius 3 is 2.00 bits per heavy atom. The molecule has 0 aliphatic rings. The normalized spacial score (nSPS) is 11.0. The number of aromatic nitrogens is 2. The van der Waals surface area contributed by atoms with Crippen molar-refractivity contribution in [3.63, 3.8) is 0 Å². The molecule has 1 aromatic rings. The maximum Gasteiger partial charge on any atom is 0.117 e. The zero-order valence-corrected chi connectivity index (χ0v) is 13.0. The fraction of sp³-hybridized carbons (Fsp3) is 0.857. The van der Waals surface area contributed by atoms with Crippen molar-refractivity contribution in [1.29, 1.82) is 0 Å². The van der Waals surface area contributed by atoms with E-state index in [1.54, 1.807) is 11.3 Å². The maximum atomic E-state index is 5.67. The van der Waals surface area contributed by atoms with Crippen LogP contribution in [0, 0.1) is 0 Å². The van der Waals surface area contributed by atoms with Gasteiger partial charge in [-0.3, -0.25) is 0 Å². The van der Waals surface area contributed by atoms with Crippen molar-refractivity contribution in [2.75, 3.05) is 5.88 Å². The van der Waals surface area contributed by atoms with Crippen LogP contribution in [-0.4, -0.2) is 16.1 Å². The molecule has 0 spiro atoms. The summed E-state index contributed by atoms with van der Waals surface area (Å²) in [6.45, 7) is 2.26. The maximum absolute atomic E-state index is 5.67. The van der Waals surface area contributed by atoms with Gasteiger partial charge < -0.3 is 0 Å². The lowest BCUT2D eigenvalue weighted by molar-refractivity contribution is 0.588. The highest BCUT2D eigenvalue weighted by Crippen LogP contribution is 2.15. The topological polar surface area (TPSA) is 25.8 Å². The Hall–Kier alpha value is -0.150. The molecule has 1 aromatic heterocycles. The zero-order valence-electron chi connectivity index (χ0n) is 11.5. The van der Waals surface area contributed by atoms with Crippen LogP contribution in [0.3, 0.4) is 0 Å². The van der Waals surface area contributed by atoms with Crippen molar-refractivity contribution in [3.05, 3.63) is 10.0 Å². The van der Waals surface area contributed by atoms with E-state index in [9.17, 15) is 0 Å². The third kappa shape index (κ3) is 7.32. The molecular formula is C14H25ClN2S. The lowest BCUT2D eigenvalue weighted by atomic mass is 10.1. The van der Waals surface area contributed by atoms with Crippen LogP contribution in [0.4, 0.5) is 0 Å². The van der Waals surface area contributed by atoms with Crippen LogP contribution < -0.4 is 0 Å². The lowest BCUT2D eigenvalue weighted by Gasteiger charge is -1.99. The van der Waals surface area contributed by atoms with Crippen molar-refractivity contribution in [1.82, 2.24) is 10.2 Å². The number of hydrogen-bond donors (Lipinski definition) is 0. The van der Waals surface area contributed by atoms with Gasteiger partial charge in [0.25, 0.3) is 0 Å². The van der Waals surface area contributed by atoms with E-state index in [1.807, 2.05) is 0 Å². The Balaban J connectivity index is 2.03. The number of aryl methyl sites for hydroxylation is 2. The van der Waals surface area contributed by atoms with Crippen molar-refractivity contribution in [2.24, 2.45) is 0 Å². The number of alkyl halides is 1. The standard InChI is InChI=1S/C14H25ClN2S/c1-2-3-4-5-6-7-8-10-13-16-17-14(18-13)11-9-12-15/h2-12H2,1H3. The van der Waals surface area contributed by atoms with Crippen LogP contribution in [0.2, 0.25) is 0 Å². The molecule has 104 valence electrons. The third-order valence-electron chi connectivity index (χ3n) is 3.03. The van der Waals surface area contributed by atoms with Gasteiger partial charge in [0.05, 0.1) is 0 Å². The fourth-order valence-electron chi connectivity index (χ4n) is 1.94. The smallest absolute Gasteiger partial charge is 0.117 e. The first-order chi connectivity index (χ1) is 8.86. The summed E-state index contributed by atoms with van der Waals surface area (Å²) < 4.78 is 0. The summed E-state index contributed by atoms with van der Waals surface area (Å²) in [7, 11) is 0. The Bertz CT molecular complexity index is 302. The number of rotatable bonds is 11. The van der Waals surface area contributed by atoms with Crippen LogP contribution in [0.25, 0.3) is 0 Å². The molecular weight excluding hydrogens is 264 g/mol. The summed E-state index contributed by atoms with van der Waals surface area (Å²) >= 11 is 7.43. The monoisotopic (exact) mass is 288 g/mol. The molecule has 2 nitrogen and oxygen atoms in total. The van der Waals surface area contributed by atoms with E-state index in [0.717, 1.165) is 24.3 Å². The first kappa shape index (κ1) is 15.9. The molecule has 0 amide bonds. The summed E-state index contributed by atoms with van der Waals surface area (Å²) in [6.07, 6.45) is 12.6. The minimum Gasteiger partial charge on any atom is -0.144 e. The lowest BCUT2D eigenvalue weighted by Crippen LogP contribution is -1.86. The molecule has 0 aliphatic carbocycles. The van der Waals surface area contributed by atoms with Gasteiger partial charge in [0.1, 0.15) is 10.0 Å². The number of halogens is 1. The van der Waals surface area contributed by atoms with Crippen molar-refractivity contribution in [2.45, 2.75) is 71.1 Å². The van der Waals surface area contributed by atoms with Gasteiger partial charge in [0.15, 0.2) is 0 Å². The molecule has 1 rings (SSSR count). The largest absolute Gasteiger partial charge is 0.144 e. The van der Waals surface area contributed by atoms with Crippen LogP contribution in [-0.2, 0) is 12.8 Å². The SMILES string of the molecule is CCCCCCCCCc1nnc(CCCCl)s1. The average molecular weight is 289 g/mol. The minimum atomic E-state index is 0.715. The quantitative estimate of drug-likeness (QED) is 0.423. The number of hydrogen-bond acceptors (Lipinski definition) is 3. The van der Waals surface area contributed by atoms with Gasteiger partial charge in [0.2, 0.25) is 0 Å². The van der Waals surface area contributed by atoms with E-state index >= 15 is 0 Å². The highest BCUT2D eigenvalue weighted by atomic mass is 35.5. The van der Waals surface area contributed by atoms with Gasteiger partial charge in [0, 0.05) is 18.7 Å². The molecule has 0 saturated heterocycles. The Labute approximate surface area is 120 Å². The summed E-state index contributed by atoms with van der Waals surface area (Å²) in [5, 5.41) is 10.8. The van der Waals surface area contributed by atoms with E-state index in [2.05, 4.69) is 17.1 Å². The van der Waals surface area contributed by atoms with Gasteiger partial charge in [-0.05, 0) is 12.8 Å². The van der Waals surface area contributed by atoms with Crippen LogP contribution in [0.5, 0.6) is 0 Å². The molecule has 1 heterocycles. The molecule has 0 unspecified atom stereocenters. The second-order valence-electron chi connectivity index (χ2n) is 4.75. The third-order valence-corrected chi connectivity index (χ3v) is 4.34. The molecule has 0 atom stereocenters. The Morgan fingerprint density at radius 2 is 1.39 bits per heavy atom. The van der Waals surface area contributed by atoms with Gasteiger partial charge in [-0.15, -0.1) is 33.1 Å².